The van der Waals surface area contributed by atoms with Crippen LogP contribution in [0.3, 0.4) is 0 Å². The minimum absolute atomic E-state index is 0.311. The molecule has 0 unspecified atom stereocenters. The predicted octanol–water partition coefficient (Wildman–Crippen LogP) is 6.67. The SMILES string of the molecule is CC.CC.Cc1ccccc1C.Cc1ccccc1CCCCO. The number of hydrogen-bond acceptors (Lipinski definition) is 1. The molecule has 1 heteroatoms. The van der Waals surface area contributed by atoms with E-state index >= 15 is 0 Å². The van der Waals surface area contributed by atoms with E-state index in [0.29, 0.717) is 6.61 Å². The van der Waals surface area contributed by atoms with E-state index in [1.807, 2.05) is 27.7 Å². The summed E-state index contributed by atoms with van der Waals surface area (Å²) in [6.07, 6.45) is 3.09. The number of unbranched alkanes of at least 4 members (excludes halogenated alkanes) is 1. The Labute approximate surface area is 150 Å². The lowest BCUT2D eigenvalue weighted by atomic mass is 10.0. The van der Waals surface area contributed by atoms with Crippen LogP contribution in [0.15, 0.2) is 48.5 Å². The van der Waals surface area contributed by atoms with E-state index in [-0.39, 0.29) is 0 Å². The summed E-state index contributed by atoms with van der Waals surface area (Å²) in [6.45, 7) is 14.7. The zero-order chi connectivity index (χ0) is 18.8. The van der Waals surface area contributed by atoms with Gasteiger partial charge in [0.05, 0.1) is 0 Å². The highest BCUT2D eigenvalue weighted by Crippen LogP contribution is 2.10. The fraction of sp³-hybridized carbons (Fsp3) is 0.478. The van der Waals surface area contributed by atoms with Crippen molar-refractivity contribution in [1.82, 2.24) is 0 Å². The van der Waals surface area contributed by atoms with Gasteiger partial charge in [-0.1, -0.05) is 76.2 Å². The van der Waals surface area contributed by atoms with Gasteiger partial charge in [0.25, 0.3) is 0 Å². The van der Waals surface area contributed by atoms with Gasteiger partial charge in [-0.25, -0.2) is 0 Å². The molecule has 2 aromatic carbocycles. The lowest BCUT2D eigenvalue weighted by Crippen LogP contribution is -1.91. The van der Waals surface area contributed by atoms with Crippen LogP contribution in [-0.2, 0) is 6.42 Å². The van der Waals surface area contributed by atoms with E-state index in [1.54, 1.807) is 0 Å². The number of aryl methyl sites for hydroxylation is 4. The summed E-state index contributed by atoms with van der Waals surface area (Å²) in [6, 6.07) is 16.8. The molecular formula is C23H38O. The Bertz CT molecular complexity index is 482. The van der Waals surface area contributed by atoms with E-state index in [1.165, 1.54) is 22.3 Å². The molecule has 1 nitrogen and oxygen atoms in total. The van der Waals surface area contributed by atoms with E-state index in [4.69, 9.17) is 5.11 Å². The maximum Gasteiger partial charge on any atom is 0.0431 e. The van der Waals surface area contributed by atoms with Gasteiger partial charge in [0.1, 0.15) is 0 Å². The van der Waals surface area contributed by atoms with Gasteiger partial charge < -0.3 is 5.11 Å². The topological polar surface area (TPSA) is 20.2 Å². The molecule has 0 heterocycles. The molecule has 0 aliphatic heterocycles. The standard InChI is InChI=1S/C11H16O.C8H10.2C2H6/c1-10-6-2-3-7-11(10)8-4-5-9-12;1-7-5-3-4-6-8(7)2;2*1-2/h2-3,6-7,12H,4-5,8-9H2,1H3;3-6H,1-2H3;2*1-2H3. The van der Waals surface area contributed by atoms with Crippen molar-refractivity contribution >= 4 is 0 Å². The van der Waals surface area contributed by atoms with E-state index < -0.39 is 0 Å². The molecule has 0 saturated heterocycles. The summed E-state index contributed by atoms with van der Waals surface area (Å²) in [5.74, 6) is 0. The van der Waals surface area contributed by atoms with Crippen molar-refractivity contribution in [3.8, 4) is 0 Å². The van der Waals surface area contributed by atoms with Gasteiger partial charge in [0.15, 0.2) is 0 Å². The van der Waals surface area contributed by atoms with E-state index in [2.05, 4.69) is 69.3 Å². The Morgan fingerprint density at radius 1 is 0.625 bits per heavy atom. The number of aliphatic hydroxyl groups excluding tert-OH is 1. The molecule has 136 valence electrons. The van der Waals surface area contributed by atoms with Crippen molar-refractivity contribution in [3.05, 3.63) is 70.8 Å². The first-order valence-electron chi connectivity index (χ1n) is 9.32. The first-order chi connectivity index (χ1) is 11.6. The zero-order valence-corrected chi connectivity index (χ0v) is 16.9. The second kappa shape index (κ2) is 17.7. The van der Waals surface area contributed by atoms with Crippen molar-refractivity contribution in [2.75, 3.05) is 6.61 Å². The van der Waals surface area contributed by atoms with Crippen molar-refractivity contribution in [1.29, 1.82) is 0 Å². The number of hydrogen-bond donors (Lipinski definition) is 1. The fourth-order valence-corrected chi connectivity index (χ4v) is 1.98. The van der Waals surface area contributed by atoms with Crippen LogP contribution in [0.1, 0.15) is 62.8 Å². The highest BCUT2D eigenvalue weighted by molar-refractivity contribution is 5.25. The van der Waals surface area contributed by atoms with Crippen molar-refractivity contribution in [2.24, 2.45) is 0 Å². The Morgan fingerprint density at radius 2 is 1.04 bits per heavy atom. The molecule has 2 aromatic rings. The van der Waals surface area contributed by atoms with E-state index in [9.17, 15) is 0 Å². The van der Waals surface area contributed by atoms with Crippen LogP contribution in [0, 0.1) is 20.8 Å². The van der Waals surface area contributed by atoms with Gasteiger partial charge >= 0.3 is 0 Å². The molecule has 0 aliphatic rings. The quantitative estimate of drug-likeness (QED) is 0.621. The summed E-state index contributed by atoms with van der Waals surface area (Å²) >= 11 is 0. The molecule has 0 radical (unpaired) electrons. The summed E-state index contributed by atoms with van der Waals surface area (Å²) < 4.78 is 0. The number of benzene rings is 2. The molecule has 0 fully saturated rings. The second-order valence-corrected chi connectivity index (χ2v) is 5.19. The van der Waals surface area contributed by atoms with Crippen LogP contribution in [0.25, 0.3) is 0 Å². The van der Waals surface area contributed by atoms with E-state index in [0.717, 1.165) is 19.3 Å². The molecule has 0 aliphatic carbocycles. The van der Waals surface area contributed by atoms with Gasteiger partial charge in [0.2, 0.25) is 0 Å². The molecule has 0 amide bonds. The molecule has 24 heavy (non-hydrogen) atoms. The third-order valence-electron chi connectivity index (χ3n) is 3.54. The first-order valence-corrected chi connectivity index (χ1v) is 9.32. The van der Waals surface area contributed by atoms with Crippen LogP contribution in [-0.4, -0.2) is 11.7 Å². The van der Waals surface area contributed by atoms with Crippen LogP contribution >= 0.6 is 0 Å². The van der Waals surface area contributed by atoms with Crippen molar-refractivity contribution in [3.63, 3.8) is 0 Å². The average Bonchev–Trinajstić information content (AvgIpc) is 2.63. The van der Waals surface area contributed by atoms with Gasteiger partial charge in [-0.2, -0.15) is 0 Å². The lowest BCUT2D eigenvalue weighted by molar-refractivity contribution is 0.284. The Kier molecular flexibility index (Phi) is 18.2. The minimum Gasteiger partial charge on any atom is -0.396 e. The third kappa shape index (κ3) is 11.9. The minimum atomic E-state index is 0.311. The Morgan fingerprint density at radius 3 is 1.42 bits per heavy atom. The average molecular weight is 331 g/mol. The predicted molar refractivity (Wildman–Crippen MR) is 110 cm³/mol. The smallest absolute Gasteiger partial charge is 0.0431 e. The Hall–Kier alpha value is -1.60. The normalized spacial score (nSPS) is 8.67. The fourth-order valence-electron chi connectivity index (χ4n) is 1.98. The third-order valence-corrected chi connectivity index (χ3v) is 3.54. The number of aliphatic hydroxyl groups is 1. The first kappa shape index (κ1) is 24.6. The second-order valence-electron chi connectivity index (χ2n) is 5.19. The molecule has 0 spiro atoms. The molecule has 0 saturated carbocycles. The van der Waals surface area contributed by atoms with Gasteiger partial charge in [0, 0.05) is 6.61 Å². The molecular weight excluding hydrogens is 292 g/mol. The molecule has 1 N–H and O–H groups in total. The van der Waals surface area contributed by atoms with Crippen LogP contribution in [0.4, 0.5) is 0 Å². The van der Waals surface area contributed by atoms with Crippen molar-refractivity contribution in [2.45, 2.75) is 67.7 Å². The van der Waals surface area contributed by atoms with Gasteiger partial charge in [-0.3, -0.25) is 0 Å². The van der Waals surface area contributed by atoms with Crippen LogP contribution in [0.5, 0.6) is 0 Å². The summed E-state index contributed by atoms with van der Waals surface area (Å²) in [7, 11) is 0. The zero-order valence-electron chi connectivity index (χ0n) is 16.9. The molecule has 0 aromatic heterocycles. The number of rotatable bonds is 4. The lowest BCUT2D eigenvalue weighted by Gasteiger charge is -2.03. The Balaban J connectivity index is 0. The van der Waals surface area contributed by atoms with Gasteiger partial charge in [-0.05, 0) is 62.3 Å². The largest absolute Gasteiger partial charge is 0.396 e. The van der Waals surface area contributed by atoms with Crippen molar-refractivity contribution < 1.29 is 5.11 Å². The maximum atomic E-state index is 8.61. The summed E-state index contributed by atoms with van der Waals surface area (Å²) in [5, 5.41) is 8.61. The molecule has 2 rings (SSSR count). The highest BCUT2D eigenvalue weighted by atomic mass is 16.2. The summed E-state index contributed by atoms with van der Waals surface area (Å²) in [5.41, 5.74) is 5.50. The van der Waals surface area contributed by atoms with Gasteiger partial charge in [-0.15, -0.1) is 0 Å². The summed E-state index contributed by atoms with van der Waals surface area (Å²) in [4.78, 5) is 0. The maximum absolute atomic E-state index is 8.61. The molecule has 0 atom stereocenters. The highest BCUT2D eigenvalue weighted by Gasteiger charge is 1.95. The molecule has 0 bridgehead atoms. The monoisotopic (exact) mass is 330 g/mol. The van der Waals surface area contributed by atoms with Crippen LogP contribution < -0.4 is 0 Å². The van der Waals surface area contributed by atoms with Crippen LogP contribution in [0.2, 0.25) is 0 Å².